The summed E-state index contributed by atoms with van der Waals surface area (Å²) in [5, 5.41) is 9.11. The first-order valence-electron chi connectivity index (χ1n) is 7.55. The highest BCUT2D eigenvalue weighted by Gasteiger charge is 2.20. The molecule has 0 saturated carbocycles. The molecule has 0 aromatic heterocycles. The topological polar surface area (TPSA) is 62.4 Å². The molecule has 0 bridgehead atoms. The summed E-state index contributed by atoms with van der Waals surface area (Å²) in [4.78, 5) is 12.1. The summed E-state index contributed by atoms with van der Waals surface area (Å²) in [6.07, 6.45) is 1.95. The van der Waals surface area contributed by atoms with Crippen LogP contribution in [0.25, 0.3) is 0 Å². The average molecular weight is 291 g/mol. The van der Waals surface area contributed by atoms with E-state index in [1.54, 1.807) is 0 Å². The fourth-order valence-corrected chi connectivity index (χ4v) is 2.53. The Morgan fingerprint density at radius 2 is 2.24 bits per heavy atom. The van der Waals surface area contributed by atoms with Gasteiger partial charge in [-0.1, -0.05) is 12.1 Å². The van der Waals surface area contributed by atoms with Crippen LogP contribution in [0.3, 0.4) is 0 Å². The number of benzene rings is 1. The summed E-state index contributed by atoms with van der Waals surface area (Å²) in [6, 6.07) is 8.19. The Morgan fingerprint density at radius 3 is 2.95 bits per heavy atom. The van der Waals surface area contributed by atoms with E-state index >= 15 is 0 Å². The van der Waals surface area contributed by atoms with Crippen molar-refractivity contribution in [2.75, 3.05) is 19.0 Å². The van der Waals surface area contributed by atoms with Gasteiger partial charge in [0.15, 0.2) is 0 Å². The van der Waals surface area contributed by atoms with Crippen LogP contribution in [0, 0.1) is 0 Å². The molecule has 3 atom stereocenters. The van der Waals surface area contributed by atoms with E-state index in [0.717, 1.165) is 24.1 Å². The van der Waals surface area contributed by atoms with Gasteiger partial charge >= 0.3 is 6.03 Å². The van der Waals surface area contributed by atoms with Gasteiger partial charge < -0.3 is 20.7 Å². The Bertz CT molecular complexity index is 478. The summed E-state index contributed by atoms with van der Waals surface area (Å²) in [5.41, 5.74) is 1.96. The zero-order valence-electron chi connectivity index (χ0n) is 13.0. The van der Waals surface area contributed by atoms with Crippen molar-refractivity contribution in [3.63, 3.8) is 0 Å². The molecule has 2 amide bonds. The third-order valence-corrected chi connectivity index (χ3v) is 3.90. The highest BCUT2D eigenvalue weighted by molar-refractivity contribution is 5.89. The van der Waals surface area contributed by atoms with Crippen LogP contribution in [0.2, 0.25) is 0 Å². The number of hydrogen-bond acceptors (Lipinski definition) is 3. The third kappa shape index (κ3) is 4.72. The van der Waals surface area contributed by atoms with Crippen molar-refractivity contribution in [3.8, 4) is 0 Å². The number of hydrogen-bond donors (Lipinski definition) is 3. The van der Waals surface area contributed by atoms with Crippen molar-refractivity contribution >= 4 is 11.7 Å². The molecule has 2 rings (SSSR count). The van der Waals surface area contributed by atoms with E-state index in [1.165, 1.54) is 0 Å². The molecule has 116 valence electrons. The van der Waals surface area contributed by atoms with Crippen molar-refractivity contribution in [1.82, 2.24) is 10.6 Å². The van der Waals surface area contributed by atoms with Gasteiger partial charge in [0.1, 0.15) is 0 Å². The van der Waals surface area contributed by atoms with Crippen molar-refractivity contribution < 1.29 is 9.53 Å². The number of nitrogens with one attached hydrogen (secondary N) is 3. The Morgan fingerprint density at radius 1 is 1.43 bits per heavy atom. The Hall–Kier alpha value is -1.59. The first-order valence-corrected chi connectivity index (χ1v) is 7.55. The second-order valence-electron chi connectivity index (χ2n) is 5.64. The van der Waals surface area contributed by atoms with E-state index in [9.17, 15) is 4.79 Å². The maximum atomic E-state index is 12.1. The van der Waals surface area contributed by atoms with Crippen LogP contribution < -0.4 is 16.0 Å². The number of carbonyl (C=O) groups is 1. The van der Waals surface area contributed by atoms with E-state index in [4.69, 9.17) is 4.74 Å². The number of amides is 2. The van der Waals surface area contributed by atoms with Gasteiger partial charge in [0.05, 0.1) is 6.10 Å². The molecule has 1 aromatic carbocycles. The molecule has 1 fully saturated rings. The summed E-state index contributed by atoms with van der Waals surface area (Å²) < 4.78 is 5.48. The molecule has 1 aliphatic rings. The summed E-state index contributed by atoms with van der Waals surface area (Å²) in [7, 11) is 1.92. The minimum atomic E-state index is -0.150. The van der Waals surface area contributed by atoms with E-state index in [-0.39, 0.29) is 24.2 Å². The van der Waals surface area contributed by atoms with Crippen LogP contribution in [0.4, 0.5) is 10.5 Å². The molecule has 5 heteroatoms. The van der Waals surface area contributed by atoms with Crippen LogP contribution >= 0.6 is 0 Å². The Labute approximate surface area is 126 Å². The van der Waals surface area contributed by atoms with Gasteiger partial charge in [-0.3, -0.25) is 0 Å². The molecule has 1 heterocycles. The molecule has 0 radical (unpaired) electrons. The van der Waals surface area contributed by atoms with Crippen LogP contribution in [-0.4, -0.2) is 31.8 Å². The van der Waals surface area contributed by atoms with Gasteiger partial charge in [-0.2, -0.15) is 0 Å². The fraction of sp³-hybridized carbons (Fsp3) is 0.562. The summed E-state index contributed by atoms with van der Waals surface area (Å²) in [5.74, 6) is 0. The molecule has 1 aliphatic heterocycles. The fourth-order valence-electron chi connectivity index (χ4n) is 2.53. The minimum absolute atomic E-state index is 0.150. The number of rotatable bonds is 4. The van der Waals surface area contributed by atoms with Gasteiger partial charge in [0.2, 0.25) is 0 Å². The molecular formula is C16H25N3O2. The van der Waals surface area contributed by atoms with Crippen LogP contribution in [0.1, 0.15) is 38.3 Å². The highest BCUT2D eigenvalue weighted by atomic mass is 16.5. The quantitative estimate of drug-likeness (QED) is 0.799. The van der Waals surface area contributed by atoms with Crippen molar-refractivity contribution in [2.24, 2.45) is 0 Å². The number of anilines is 1. The van der Waals surface area contributed by atoms with Gasteiger partial charge in [-0.05, 0) is 51.4 Å². The Kier molecular flexibility index (Phi) is 5.59. The molecule has 1 saturated heterocycles. The minimum Gasteiger partial charge on any atom is -0.378 e. The predicted octanol–water partition coefficient (Wildman–Crippen LogP) is 2.66. The first-order chi connectivity index (χ1) is 10.1. The molecule has 0 aliphatic carbocycles. The van der Waals surface area contributed by atoms with Crippen LogP contribution in [0.5, 0.6) is 0 Å². The molecule has 3 unspecified atom stereocenters. The van der Waals surface area contributed by atoms with Gasteiger partial charge in [-0.15, -0.1) is 0 Å². The normalized spacial score (nSPS) is 23.4. The second kappa shape index (κ2) is 7.43. The van der Waals surface area contributed by atoms with Crippen molar-refractivity contribution in [3.05, 3.63) is 29.8 Å². The lowest BCUT2D eigenvalue weighted by atomic mass is 10.0. The van der Waals surface area contributed by atoms with Gasteiger partial charge in [0, 0.05) is 24.4 Å². The second-order valence-corrected chi connectivity index (χ2v) is 5.64. The zero-order valence-corrected chi connectivity index (χ0v) is 13.0. The molecular weight excluding hydrogens is 266 g/mol. The van der Waals surface area contributed by atoms with E-state index in [2.05, 4.69) is 22.9 Å². The van der Waals surface area contributed by atoms with Crippen LogP contribution in [-0.2, 0) is 4.74 Å². The summed E-state index contributed by atoms with van der Waals surface area (Å²) >= 11 is 0. The first kappa shape index (κ1) is 15.8. The van der Waals surface area contributed by atoms with Crippen molar-refractivity contribution in [1.29, 1.82) is 0 Å². The smallest absolute Gasteiger partial charge is 0.319 e. The lowest BCUT2D eigenvalue weighted by Crippen LogP contribution is -2.43. The average Bonchev–Trinajstić information content (AvgIpc) is 2.46. The van der Waals surface area contributed by atoms with Gasteiger partial charge in [-0.25, -0.2) is 4.79 Å². The molecule has 3 N–H and O–H groups in total. The van der Waals surface area contributed by atoms with Gasteiger partial charge in [0.25, 0.3) is 0 Å². The lowest BCUT2D eigenvalue weighted by molar-refractivity contribution is 0.0157. The SMILES string of the molecule is CNC(C)c1cccc(NC(=O)NC2CCOC(C)C2)c1. The van der Waals surface area contributed by atoms with Crippen molar-refractivity contribution in [2.45, 2.75) is 44.9 Å². The number of ether oxygens (including phenoxy) is 1. The number of urea groups is 1. The highest BCUT2D eigenvalue weighted by Crippen LogP contribution is 2.17. The predicted molar refractivity (Wildman–Crippen MR) is 84.5 cm³/mol. The third-order valence-electron chi connectivity index (χ3n) is 3.90. The molecule has 5 nitrogen and oxygen atoms in total. The number of carbonyl (C=O) groups excluding carboxylic acids is 1. The van der Waals surface area contributed by atoms with E-state index in [1.807, 2.05) is 38.2 Å². The Balaban J connectivity index is 1.90. The van der Waals surface area contributed by atoms with Crippen LogP contribution in [0.15, 0.2) is 24.3 Å². The monoisotopic (exact) mass is 291 g/mol. The van der Waals surface area contributed by atoms with E-state index < -0.39 is 0 Å². The summed E-state index contributed by atoms with van der Waals surface area (Å²) in [6.45, 7) is 4.83. The van der Waals surface area contributed by atoms with E-state index in [0.29, 0.717) is 6.61 Å². The largest absolute Gasteiger partial charge is 0.378 e. The molecule has 0 spiro atoms. The zero-order chi connectivity index (χ0) is 15.2. The molecule has 21 heavy (non-hydrogen) atoms. The molecule has 1 aromatic rings. The maximum Gasteiger partial charge on any atom is 0.319 e. The standard InChI is InChI=1S/C16H25N3O2/c1-11-9-15(7-8-21-11)19-16(20)18-14-6-4-5-13(10-14)12(2)17-3/h4-6,10-12,15,17H,7-9H2,1-3H3,(H2,18,19,20). The maximum absolute atomic E-state index is 12.1. The lowest BCUT2D eigenvalue weighted by Gasteiger charge is -2.28.